The molecule has 4 rings (SSSR count). The Labute approximate surface area is 269 Å². The third kappa shape index (κ3) is 6.01. The number of alkyl halides is 1. The highest BCUT2D eigenvalue weighted by Crippen LogP contribution is 2.70. The Bertz CT molecular complexity index is 1370. The molecule has 254 valence electrons. The Hall–Kier alpha value is -3.17. The van der Waals surface area contributed by atoms with Crippen LogP contribution in [-0.2, 0) is 33.5 Å². The molecule has 0 bridgehead atoms. The van der Waals surface area contributed by atoms with Crippen LogP contribution >= 0.6 is 11.8 Å². The predicted octanol–water partition coefficient (Wildman–Crippen LogP) is 2.20. The van der Waals surface area contributed by atoms with Crippen LogP contribution in [-0.4, -0.2) is 86.2 Å². The van der Waals surface area contributed by atoms with Crippen LogP contribution < -0.4 is 5.32 Å². The zero-order valence-corrected chi connectivity index (χ0v) is 27.1. The minimum absolute atomic E-state index is 0.0691. The van der Waals surface area contributed by atoms with E-state index in [0.717, 1.165) is 6.92 Å². The van der Waals surface area contributed by atoms with Crippen LogP contribution in [0.1, 0.15) is 66.2 Å². The van der Waals surface area contributed by atoms with Crippen molar-refractivity contribution in [2.45, 2.75) is 89.6 Å². The number of Topliss-reactive ketones (excluding diaryl/α,β-unsaturated/α-hetero) is 1. The van der Waals surface area contributed by atoms with Crippen LogP contribution in [0.3, 0.4) is 0 Å². The average Bonchev–Trinajstić information content (AvgIpc) is 3.18. The van der Waals surface area contributed by atoms with Gasteiger partial charge >= 0.3 is 5.97 Å². The Morgan fingerprint density at radius 3 is 2.61 bits per heavy atom. The Morgan fingerprint density at radius 2 is 1.96 bits per heavy atom. The first-order valence-corrected chi connectivity index (χ1v) is 16.3. The number of carbonyl (C=O) groups is 5. The van der Waals surface area contributed by atoms with E-state index in [2.05, 4.69) is 10.2 Å². The Morgan fingerprint density at radius 1 is 1.26 bits per heavy atom. The van der Waals surface area contributed by atoms with E-state index >= 15 is 4.39 Å². The van der Waals surface area contributed by atoms with Gasteiger partial charge in [0.15, 0.2) is 23.2 Å². The van der Waals surface area contributed by atoms with E-state index in [1.165, 1.54) is 18.2 Å². The van der Waals surface area contributed by atoms with E-state index in [-0.39, 0.29) is 43.8 Å². The molecule has 4 aliphatic carbocycles. The lowest BCUT2D eigenvalue weighted by atomic mass is 9.44. The summed E-state index contributed by atoms with van der Waals surface area (Å²) in [4.78, 5) is 77.1. The second kappa shape index (κ2) is 13.1. The van der Waals surface area contributed by atoms with Crippen LogP contribution in [0.4, 0.5) is 4.39 Å². The largest absolute Gasteiger partial charge is 0.456 e. The number of carbonyl (C=O) groups excluding carboxylic acids is 5. The zero-order valence-electron chi connectivity index (χ0n) is 26.3. The van der Waals surface area contributed by atoms with Crippen molar-refractivity contribution in [1.29, 1.82) is 0 Å². The summed E-state index contributed by atoms with van der Waals surface area (Å²) < 4.78 is 22.6. The Kier molecular flexibility index (Phi) is 10.2. The number of thioether (sulfide) groups is 1. The van der Waals surface area contributed by atoms with Gasteiger partial charge in [0.1, 0.15) is 11.6 Å². The van der Waals surface area contributed by atoms with Crippen molar-refractivity contribution < 1.29 is 53.2 Å². The fourth-order valence-corrected chi connectivity index (χ4v) is 9.37. The molecule has 0 aromatic heterocycles. The number of ether oxygens (including phenoxy) is 1. The Balaban J connectivity index is 1.45. The van der Waals surface area contributed by atoms with Gasteiger partial charge in [0, 0.05) is 35.8 Å². The van der Waals surface area contributed by atoms with Crippen LogP contribution in [0.25, 0.3) is 0 Å². The summed E-state index contributed by atoms with van der Waals surface area (Å²) in [7, 11) is 0. The summed E-state index contributed by atoms with van der Waals surface area (Å²) >= 11 is 0.700. The first-order valence-electron chi connectivity index (χ1n) is 15.3. The third-order valence-electron chi connectivity index (χ3n) is 10.8. The van der Waals surface area contributed by atoms with Gasteiger partial charge < -0.3 is 25.1 Å². The van der Waals surface area contributed by atoms with Gasteiger partial charge in [-0.15, -0.1) is 10.1 Å². The second-order valence-electron chi connectivity index (χ2n) is 13.3. The maximum Gasteiger partial charge on any atom is 0.329 e. The van der Waals surface area contributed by atoms with E-state index in [1.807, 2.05) is 0 Å². The van der Waals surface area contributed by atoms with Crippen molar-refractivity contribution in [2.75, 3.05) is 19.0 Å². The van der Waals surface area contributed by atoms with Crippen LogP contribution in [0.15, 0.2) is 23.8 Å². The van der Waals surface area contributed by atoms with Gasteiger partial charge in [0.2, 0.25) is 11.7 Å². The highest BCUT2D eigenvalue weighted by atomic mass is 32.2. The molecular formula is C31H41FN2O11S. The van der Waals surface area contributed by atoms with Gasteiger partial charge in [-0.05, 0) is 63.0 Å². The van der Waals surface area contributed by atoms with Crippen molar-refractivity contribution in [3.63, 3.8) is 0 Å². The molecule has 15 heteroatoms. The molecule has 4 aliphatic rings. The lowest BCUT2D eigenvalue weighted by Crippen LogP contribution is -2.69. The third-order valence-corrected chi connectivity index (χ3v) is 11.8. The van der Waals surface area contributed by atoms with E-state index < -0.39 is 86.5 Å². The number of ketones is 2. The molecule has 0 heterocycles. The monoisotopic (exact) mass is 668 g/mol. The molecule has 0 saturated heterocycles. The van der Waals surface area contributed by atoms with Gasteiger partial charge in [-0.25, -0.2) is 9.18 Å². The normalized spacial score (nSPS) is 36.8. The highest BCUT2D eigenvalue weighted by Gasteiger charge is 2.75. The molecule has 3 fully saturated rings. The summed E-state index contributed by atoms with van der Waals surface area (Å²) in [6.07, 6.45) is 3.49. The number of hydrogen-bond acceptors (Lipinski definition) is 12. The number of amides is 1. The number of halogens is 1. The van der Waals surface area contributed by atoms with Gasteiger partial charge in [0.25, 0.3) is 5.09 Å². The van der Waals surface area contributed by atoms with E-state index in [1.54, 1.807) is 20.8 Å². The summed E-state index contributed by atoms with van der Waals surface area (Å²) in [5.74, 6) is -4.80. The van der Waals surface area contributed by atoms with Gasteiger partial charge in [0.05, 0.1) is 12.7 Å². The van der Waals surface area contributed by atoms with Crippen LogP contribution in [0.5, 0.6) is 0 Å². The fourth-order valence-electron chi connectivity index (χ4n) is 8.51. The number of aliphatic hydroxyl groups is 2. The average molecular weight is 669 g/mol. The number of nitrogens with one attached hydrogen (secondary N) is 1. The molecule has 0 radical (unpaired) electrons. The number of rotatable bonds is 12. The minimum Gasteiger partial charge on any atom is -0.456 e. The van der Waals surface area contributed by atoms with Gasteiger partial charge in [-0.3, -0.25) is 19.2 Å². The lowest BCUT2D eigenvalue weighted by molar-refractivity contribution is -0.757. The van der Waals surface area contributed by atoms with Crippen molar-refractivity contribution in [1.82, 2.24) is 5.32 Å². The molecular weight excluding hydrogens is 627 g/mol. The standard InChI is InChI=1S/C31H41FN2O11S/c1-17-12-22-21-8-7-19-13-20(36)9-10-28(19,3)30(21,32)24(37)14-29(22,4)31(17,41)25(38)15-44-27(40)23(33-18(2)35)16-46-26(39)6-5-11-45-34(42)43/h9-10,13,17,21-24,37,41H,5-8,11-12,14-16H2,1-4H3,(H,33,35). The number of allylic oxidation sites excluding steroid dienone is 4. The first kappa shape index (κ1) is 35.7. The van der Waals surface area contributed by atoms with Gasteiger partial charge in [-0.2, -0.15) is 0 Å². The molecule has 3 saturated carbocycles. The summed E-state index contributed by atoms with van der Waals surface area (Å²) in [5.41, 5.74) is -6.09. The first-order chi connectivity index (χ1) is 21.4. The van der Waals surface area contributed by atoms with Crippen molar-refractivity contribution >= 4 is 40.3 Å². The number of nitrogens with zero attached hydrogens (tertiary/aromatic N) is 1. The molecule has 1 amide bonds. The van der Waals surface area contributed by atoms with Gasteiger partial charge in [-0.1, -0.05) is 37.3 Å². The molecule has 0 spiro atoms. The number of esters is 1. The SMILES string of the molecule is CC(=O)NC(CSC(=O)CCCO[N+](=O)[O-])C(=O)OCC(=O)C1(O)C(C)CC2C3CCC4=CC(=O)C=CC4(C)C3(F)C(O)CC21C. The fraction of sp³-hybridized carbons (Fsp3) is 0.710. The topological polar surface area (TPSA) is 199 Å². The number of fused-ring (bicyclic) bond motifs is 5. The van der Waals surface area contributed by atoms with Crippen molar-refractivity contribution in [3.05, 3.63) is 33.9 Å². The number of aliphatic hydroxyl groups excluding tert-OH is 1. The maximum absolute atomic E-state index is 17.4. The molecule has 0 aromatic rings. The van der Waals surface area contributed by atoms with Crippen LogP contribution in [0.2, 0.25) is 0 Å². The maximum atomic E-state index is 17.4. The molecule has 0 aliphatic heterocycles. The minimum atomic E-state index is -2.14. The smallest absolute Gasteiger partial charge is 0.329 e. The highest BCUT2D eigenvalue weighted by molar-refractivity contribution is 8.13. The van der Waals surface area contributed by atoms with Crippen molar-refractivity contribution in [2.24, 2.45) is 28.6 Å². The molecule has 46 heavy (non-hydrogen) atoms. The molecule has 9 atom stereocenters. The molecule has 13 nitrogen and oxygen atoms in total. The zero-order chi connectivity index (χ0) is 34.2. The molecule has 3 N–H and O–H groups in total. The van der Waals surface area contributed by atoms with Crippen molar-refractivity contribution in [3.8, 4) is 0 Å². The lowest BCUT2D eigenvalue weighted by Gasteiger charge is -2.62. The van der Waals surface area contributed by atoms with Crippen LogP contribution in [0, 0.1) is 38.7 Å². The second-order valence-corrected chi connectivity index (χ2v) is 14.4. The summed E-state index contributed by atoms with van der Waals surface area (Å²) in [6.45, 7) is 5.03. The van der Waals surface area contributed by atoms with E-state index in [4.69, 9.17) is 4.74 Å². The van der Waals surface area contributed by atoms with E-state index in [0.29, 0.717) is 30.2 Å². The number of hydrogen-bond donors (Lipinski definition) is 3. The molecule has 0 aromatic carbocycles. The summed E-state index contributed by atoms with van der Waals surface area (Å²) in [5, 5.41) is 34.8. The predicted molar refractivity (Wildman–Crippen MR) is 161 cm³/mol. The molecule has 9 unspecified atom stereocenters. The summed E-state index contributed by atoms with van der Waals surface area (Å²) in [6, 6.07) is -1.31. The van der Waals surface area contributed by atoms with E-state index in [9.17, 15) is 44.3 Å². The quantitative estimate of drug-likeness (QED) is 0.119.